The second-order valence-electron chi connectivity index (χ2n) is 3.30. The zero-order valence-electron chi connectivity index (χ0n) is 9.47. The predicted octanol–water partition coefficient (Wildman–Crippen LogP) is -0.402. The van der Waals surface area contributed by atoms with Gasteiger partial charge in [0, 0.05) is 20.6 Å². The highest BCUT2D eigenvalue weighted by Gasteiger charge is 2.17. The number of rotatable bonds is 6. The minimum Gasteiger partial charge on any atom is -0.481 e. The Balaban J connectivity index is 2.44. The van der Waals surface area contributed by atoms with E-state index < -0.39 is 18.0 Å². The maximum absolute atomic E-state index is 11.5. The topological polar surface area (TPSA) is 115 Å². The zero-order chi connectivity index (χ0) is 12.8. The summed E-state index contributed by atoms with van der Waals surface area (Å²) < 4.78 is 9.53. The standard InChI is InChI=1S/C9H13N3O5/c1-5-11-8(12-17-5)9(15)10-4-6(16-2)3-7(13)14/h6H,3-4H2,1-2H3,(H,10,15)(H,13,14). The van der Waals surface area contributed by atoms with E-state index in [4.69, 9.17) is 9.84 Å². The van der Waals surface area contributed by atoms with Crippen LogP contribution in [0.3, 0.4) is 0 Å². The molecule has 0 spiro atoms. The summed E-state index contributed by atoms with van der Waals surface area (Å²) in [6, 6.07) is 0. The van der Waals surface area contributed by atoms with Gasteiger partial charge in [0.1, 0.15) is 0 Å². The minimum absolute atomic E-state index is 0.0647. The van der Waals surface area contributed by atoms with Crippen LogP contribution in [-0.2, 0) is 9.53 Å². The summed E-state index contributed by atoms with van der Waals surface area (Å²) >= 11 is 0. The van der Waals surface area contributed by atoms with Gasteiger partial charge in [0.25, 0.3) is 11.7 Å². The molecule has 17 heavy (non-hydrogen) atoms. The van der Waals surface area contributed by atoms with Gasteiger partial charge in [-0.05, 0) is 0 Å². The highest BCUT2D eigenvalue weighted by molar-refractivity contribution is 5.90. The van der Waals surface area contributed by atoms with E-state index in [2.05, 4.69) is 20.0 Å². The Kier molecular flexibility index (Phi) is 4.58. The molecule has 0 bridgehead atoms. The van der Waals surface area contributed by atoms with Crippen molar-refractivity contribution in [1.29, 1.82) is 0 Å². The summed E-state index contributed by atoms with van der Waals surface area (Å²) in [7, 11) is 1.37. The van der Waals surface area contributed by atoms with Gasteiger partial charge in [0.05, 0.1) is 12.5 Å². The van der Waals surface area contributed by atoms with Crippen molar-refractivity contribution in [2.45, 2.75) is 19.4 Å². The highest BCUT2D eigenvalue weighted by Crippen LogP contribution is 1.98. The third-order valence-electron chi connectivity index (χ3n) is 1.96. The number of nitrogens with one attached hydrogen (secondary N) is 1. The molecule has 0 aromatic carbocycles. The first-order valence-electron chi connectivity index (χ1n) is 4.86. The fourth-order valence-corrected chi connectivity index (χ4v) is 1.11. The summed E-state index contributed by atoms with van der Waals surface area (Å²) in [4.78, 5) is 25.6. The second-order valence-corrected chi connectivity index (χ2v) is 3.30. The molecular formula is C9H13N3O5. The normalized spacial score (nSPS) is 12.1. The van der Waals surface area contributed by atoms with Gasteiger partial charge >= 0.3 is 5.97 Å². The zero-order valence-corrected chi connectivity index (χ0v) is 9.47. The van der Waals surface area contributed by atoms with Crippen molar-refractivity contribution < 1.29 is 24.0 Å². The first-order valence-corrected chi connectivity index (χ1v) is 4.86. The van der Waals surface area contributed by atoms with Crippen LogP contribution < -0.4 is 5.32 Å². The number of aromatic nitrogens is 2. The maximum atomic E-state index is 11.5. The Hall–Kier alpha value is -1.96. The Morgan fingerprint density at radius 3 is 2.76 bits per heavy atom. The molecule has 1 amide bonds. The van der Waals surface area contributed by atoms with Gasteiger partial charge in [0.2, 0.25) is 5.89 Å². The highest BCUT2D eigenvalue weighted by atomic mass is 16.5. The molecule has 2 N–H and O–H groups in total. The van der Waals surface area contributed by atoms with E-state index in [1.807, 2.05) is 0 Å². The lowest BCUT2D eigenvalue weighted by molar-refractivity contribution is -0.139. The summed E-state index contributed by atoms with van der Waals surface area (Å²) in [6.45, 7) is 1.63. The maximum Gasteiger partial charge on any atom is 0.306 e. The Labute approximate surface area is 97.0 Å². The lowest BCUT2D eigenvalue weighted by Crippen LogP contribution is -2.35. The van der Waals surface area contributed by atoms with Crippen molar-refractivity contribution in [3.05, 3.63) is 11.7 Å². The van der Waals surface area contributed by atoms with Crippen LogP contribution in [0.15, 0.2) is 4.52 Å². The molecule has 0 aliphatic heterocycles. The quantitative estimate of drug-likeness (QED) is 0.698. The van der Waals surface area contributed by atoms with Crippen LogP contribution in [0.4, 0.5) is 0 Å². The average molecular weight is 243 g/mol. The van der Waals surface area contributed by atoms with E-state index in [0.29, 0.717) is 0 Å². The van der Waals surface area contributed by atoms with Gasteiger partial charge in [-0.25, -0.2) is 0 Å². The van der Waals surface area contributed by atoms with Crippen LogP contribution in [0, 0.1) is 6.92 Å². The molecule has 1 aromatic rings. The second kappa shape index (κ2) is 5.94. The number of ether oxygens (including phenoxy) is 1. The van der Waals surface area contributed by atoms with Crippen molar-refractivity contribution in [2.75, 3.05) is 13.7 Å². The Bertz CT molecular complexity index is 403. The number of methoxy groups -OCH3 is 1. The van der Waals surface area contributed by atoms with Gasteiger partial charge in [-0.2, -0.15) is 4.98 Å². The first-order chi connectivity index (χ1) is 8.02. The lowest BCUT2D eigenvalue weighted by Gasteiger charge is -2.12. The fourth-order valence-electron chi connectivity index (χ4n) is 1.11. The number of carboxylic acid groups (broad SMARTS) is 1. The molecule has 8 nitrogen and oxygen atoms in total. The van der Waals surface area contributed by atoms with Crippen molar-refractivity contribution in [3.8, 4) is 0 Å². The first kappa shape index (κ1) is 13.1. The number of hydrogen-bond donors (Lipinski definition) is 2. The molecule has 1 aromatic heterocycles. The van der Waals surface area contributed by atoms with E-state index >= 15 is 0 Å². The van der Waals surface area contributed by atoms with E-state index in [-0.39, 0.29) is 24.7 Å². The van der Waals surface area contributed by atoms with Gasteiger partial charge in [-0.1, -0.05) is 5.16 Å². The molecule has 1 atom stereocenters. The van der Waals surface area contributed by atoms with Crippen LogP contribution in [-0.4, -0.2) is 46.9 Å². The summed E-state index contributed by atoms with van der Waals surface area (Å²) in [5.74, 6) is -1.34. The van der Waals surface area contributed by atoms with Crippen molar-refractivity contribution in [3.63, 3.8) is 0 Å². The van der Waals surface area contributed by atoms with Crippen molar-refractivity contribution >= 4 is 11.9 Å². The van der Waals surface area contributed by atoms with Crippen molar-refractivity contribution in [1.82, 2.24) is 15.5 Å². The van der Waals surface area contributed by atoms with Crippen LogP contribution in [0.2, 0.25) is 0 Å². The monoisotopic (exact) mass is 243 g/mol. The van der Waals surface area contributed by atoms with Crippen LogP contribution in [0.5, 0.6) is 0 Å². The summed E-state index contributed by atoms with van der Waals surface area (Å²) in [5, 5.41) is 14.4. The molecular weight excluding hydrogens is 230 g/mol. The molecule has 94 valence electrons. The number of aliphatic carboxylic acids is 1. The molecule has 0 radical (unpaired) electrons. The minimum atomic E-state index is -0.999. The van der Waals surface area contributed by atoms with E-state index in [0.717, 1.165) is 0 Å². The molecule has 0 aliphatic carbocycles. The molecule has 0 saturated heterocycles. The molecule has 1 heterocycles. The third kappa shape index (κ3) is 4.19. The average Bonchev–Trinajstić information content (AvgIpc) is 2.70. The Morgan fingerprint density at radius 2 is 2.29 bits per heavy atom. The number of carbonyl (C=O) groups is 2. The number of hydrogen-bond acceptors (Lipinski definition) is 6. The van der Waals surface area contributed by atoms with Gasteiger partial charge in [-0.3, -0.25) is 9.59 Å². The lowest BCUT2D eigenvalue weighted by atomic mass is 10.2. The molecule has 8 heteroatoms. The van der Waals surface area contributed by atoms with E-state index in [1.54, 1.807) is 6.92 Å². The van der Waals surface area contributed by atoms with Crippen LogP contribution >= 0.6 is 0 Å². The summed E-state index contributed by atoms with van der Waals surface area (Å²) in [5.41, 5.74) is 0. The van der Waals surface area contributed by atoms with Gasteiger partial charge in [-0.15, -0.1) is 0 Å². The smallest absolute Gasteiger partial charge is 0.306 e. The number of carbonyl (C=O) groups excluding carboxylic acids is 1. The predicted molar refractivity (Wildman–Crippen MR) is 54.4 cm³/mol. The largest absolute Gasteiger partial charge is 0.481 e. The summed E-state index contributed by atoms with van der Waals surface area (Å²) in [6.07, 6.45) is -0.786. The molecule has 0 fully saturated rings. The van der Waals surface area contributed by atoms with E-state index in [9.17, 15) is 9.59 Å². The number of nitrogens with zero attached hydrogens (tertiary/aromatic N) is 2. The third-order valence-corrected chi connectivity index (χ3v) is 1.96. The van der Waals surface area contributed by atoms with Gasteiger partial charge < -0.3 is 19.7 Å². The molecule has 0 aliphatic rings. The SMILES string of the molecule is COC(CNC(=O)c1noc(C)n1)CC(=O)O. The number of amides is 1. The number of aryl methyl sites for hydroxylation is 1. The molecule has 1 rings (SSSR count). The number of carboxylic acids is 1. The Morgan fingerprint density at radius 1 is 1.59 bits per heavy atom. The van der Waals surface area contributed by atoms with Gasteiger partial charge in [0.15, 0.2) is 0 Å². The van der Waals surface area contributed by atoms with Crippen molar-refractivity contribution in [2.24, 2.45) is 0 Å². The van der Waals surface area contributed by atoms with Crippen LogP contribution in [0.1, 0.15) is 22.9 Å². The molecule has 0 saturated carbocycles. The fraction of sp³-hybridized carbons (Fsp3) is 0.556. The van der Waals surface area contributed by atoms with E-state index in [1.165, 1.54) is 7.11 Å². The van der Waals surface area contributed by atoms with Crippen LogP contribution in [0.25, 0.3) is 0 Å². The molecule has 1 unspecified atom stereocenters.